The number of benzene rings is 2. The van der Waals surface area contributed by atoms with E-state index < -0.39 is 0 Å². The number of nitrogens with zero attached hydrogens (tertiary/aromatic N) is 2. The molecule has 5 nitrogen and oxygen atoms in total. The van der Waals surface area contributed by atoms with Gasteiger partial charge in [-0.05, 0) is 73.2 Å². The van der Waals surface area contributed by atoms with Gasteiger partial charge in [-0.1, -0.05) is 0 Å². The second kappa shape index (κ2) is 6.41. The van der Waals surface area contributed by atoms with Gasteiger partial charge in [0.15, 0.2) is 0 Å². The molecule has 1 fully saturated rings. The predicted octanol–water partition coefficient (Wildman–Crippen LogP) is 3.37. The Kier molecular flexibility index (Phi) is 3.88. The van der Waals surface area contributed by atoms with E-state index in [9.17, 15) is 9.59 Å². The molecule has 3 heterocycles. The van der Waals surface area contributed by atoms with Gasteiger partial charge in [0, 0.05) is 36.6 Å². The number of carbonyl (C=O) groups excluding carboxylic acids is 2. The van der Waals surface area contributed by atoms with Crippen LogP contribution in [0.4, 0.5) is 17.1 Å². The summed E-state index contributed by atoms with van der Waals surface area (Å²) in [6.45, 7) is 2.96. The minimum atomic E-state index is -0.113. The Morgan fingerprint density at radius 1 is 0.926 bits per heavy atom. The molecule has 0 unspecified atom stereocenters. The van der Waals surface area contributed by atoms with E-state index in [-0.39, 0.29) is 11.8 Å². The summed E-state index contributed by atoms with van der Waals surface area (Å²) in [4.78, 5) is 29.1. The van der Waals surface area contributed by atoms with Crippen LogP contribution in [0.1, 0.15) is 40.7 Å². The van der Waals surface area contributed by atoms with Crippen molar-refractivity contribution in [2.24, 2.45) is 0 Å². The van der Waals surface area contributed by atoms with Crippen molar-refractivity contribution in [3.8, 4) is 0 Å². The van der Waals surface area contributed by atoms with Gasteiger partial charge in [-0.3, -0.25) is 9.59 Å². The van der Waals surface area contributed by atoms with Gasteiger partial charge in [-0.25, -0.2) is 0 Å². The molecule has 1 N–H and O–H groups in total. The fraction of sp³-hybridized carbons (Fsp3) is 0.364. The van der Waals surface area contributed by atoms with Crippen LogP contribution in [0.3, 0.4) is 0 Å². The van der Waals surface area contributed by atoms with Crippen molar-refractivity contribution in [2.75, 3.05) is 34.8 Å². The summed E-state index contributed by atoms with van der Waals surface area (Å²) in [7, 11) is 0. The molecule has 0 aliphatic carbocycles. The SMILES string of the molecule is O=C(Nc1ccc(N2CCCCC2)cc1)c1cc2c3c(c1)CC(=O)N3CC2. The van der Waals surface area contributed by atoms with Gasteiger partial charge in [0.2, 0.25) is 5.91 Å². The highest BCUT2D eigenvalue weighted by atomic mass is 16.2. The Balaban J connectivity index is 1.33. The largest absolute Gasteiger partial charge is 0.372 e. The zero-order valence-electron chi connectivity index (χ0n) is 15.3. The summed E-state index contributed by atoms with van der Waals surface area (Å²) in [6, 6.07) is 11.9. The number of anilines is 3. The van der Waals surface area contributed by atoms with E-state index in [1.165, 1.54) is 24.9 Å². The molecule has 0 atom stereocenters. The first-order chi connectivity index (χ1) is 13.2. The van der Waals surface area contributed by atoms with Crippen molar-refractivity contribution in [3.05, 3.63) is 53.1 Å². The molecule has 3 aliphatic heterocycles. The Labute approximate surface area is 159 Å². The number of hydrogen-bond acceptors (Lipinski definition) is 3. The molecule has 27 heavy (non-hydrogen) atoms. The van der Waals surface area contributed by atoms with Gasteiger partial charge in [-0.15, -0.1) is 0 Å². The van der Waals surface area contributed by atoms with E-state index in [4.69, 9.17) is 0 Å². The van der Waals surface area contributed by atoms with Gasteiger partial charge < -0.3 is 15.1 Å². The smallest absolute Gasteiger partial charge is 0.255 e. The third kappa shape index (κ3) is 2.87. The summed E-state index contributed by atoms with van der Waals surface area (Å²) in [5.74, 6) is 0.0344. The molecule has 138 valence electrons. The molecule has 2 aromatic carbocycles. The molecule has 3 aliphatic rings. The maximum Gasteiger partial charge on any atom is 0.255 e. The molecular formula is C22H23N3O2. The van der Waals surface area contributed by atoms with E-state index >= 15 is 0 Å². The highest BCUT2D eigenvalue weighted by Gasteiger charge is 2.34. The second-order valence-electron chi connectivity index (χ2n) is 7.66. The Morgan fingerprint density at radius 2 is 1.67 bits per heavy atom. The van der Waals surface area contributed by atoms with Crippen LogP contribution in [0.5, 0.6) is 0 Å². The van der Waals surface area contributed by atoms with Crippen LogP contribution >= 0.6 is 0 Å². The molecule has 0 spiro atoms. The van der Waals surface area contributed by atoms with Crippen molar-refractivity contribution in [1.82, 2.24) is 0 Å². The summed E-state index contributed by atoms with van der Waals surface area (Å²) < 4.78 is 0. The van der Waals surface area contributed by atoms with Crippen LogP contribution in [-0.4, -0.2) is 31.4 Å². The fourth-order valence-electron chi connectivity index (χ4n) is 4.53. The molecule has 2 amide bonds. The molecule has 0 aromatic heterocycles. The zero-order chi connectivity index (χ0) is 18.4. The van der Waals surface area contributed by atoms with Crippen LogP contribution in [0.25, 0.3) is 0 Å². The normalized spacial score (nSPS) is 18.0. The van der Waals surface area contributed by atoms with E-state index in [1.807, 2.05) is 29.2 Å². The summed E-state index contributed by atoms with van der Waals surface area (Å²) in [5.41, 5.74) is 5.81. The monoisotopic (exact) mass is 361 g/mol. The number of hydrogen-bond donors (Lipinski definition) is 1. The van der Waals surface area contributed by atoms with Crippen molar-refractivity contribution >= 4 is 28.9 Å². The Bertz CT molecular complexity index is 914. The third-order valence-electron chi connectivity index (χ3n) is 5.89. The number of piperidine rings is 1. The molecule has 0 saturated carbocycles. The van der Waals surface area contributed by atoms with Gasteiger partial charge in [-0.2, -0.15) is 0 Å². The zero-order valence-corrected chi connectivity index (χ0v) is 15.3. The van der Waals surface area contributed by atoms with E-state index in [2.05, 4.69) is 22.3 Å². The van der Waals surface area contributed by atoms with Gasteiger partial charge in [0.25, 0.3) is 5.91 Å². The number of nitrogens with one attached hydrogen (secondary N) is 1. The molecule has 0 bridgehead atoms. The molecule has 2 aromatic rings. The number of rotatable bonds is 3. The highest BCUT2D eigenvalue weighted by molar-refractivity contribution is 6.08. The third-order valence-corrected chi connectivity index (χ3v) is 5.89. The first-order valence-corrected chi connectivity index (χ1v) is 9.81. The van der Waals surface area contributed by atoms with E-state index in [0.717, 1.165) is 48.6 Å². The van der Waals surface area contributed by atoms with Crippen LogP contribution in [-0.2, 0) is 17.6 Å². The second-order valence-corrected chi connectivity index (χ2v) is 7.66. The quantitative estimate of drug-likeness (QED) is 0.912. The van der Waals surface area contributed by atoms with Crippen LogP contribution in [0.15, 0.2) is 36.4 Å². The van der Waals surface area contributed by atoms with Crippen molar-refractivity contribution in [2.45, 2.75) is 32.1 Å². The van der Waals surface area contributed by atoms with Crippen molar-refractivity contribution in [1.29, 1.82) is 0 Å². The molecular weight excluding hydrogens is 338 g/mol. The predicted molar refractivity (Wildman–Crippen MR) is 107 cm³/mol. The van der Waals surface area contributed by atoms with Crippen molar-refractivity contribution in [3.63, 3.8) is 0 Å². The molecule has 1 saturated heterocycles. The molecule has 5 rings (SSSR count). The summed E-state index contributed by atoms with van der Waals surface area (Å²) >= 11 is 0. The lowest BCUT2D eigenvalue weighted by atomic mass is 10.0. The first kappa shape index (κ1) is 16.4. The summed E-state index contributed by atoms with van der Waals surface area (Å²) in [6.07, 6.45) is 5.06. The van der Waals surface area contributed by atoms with Crippen LogP contribution in [0, 0.1) is 0 Å². The van der Waals surface area contributed by atoms with Crippen molar-refractivity contribution < 1.29 is 9.59 Å². The number of carbonyl (C=O) groups is 2. The maximum absolute atomic E-state index is 12.7. The van der Waals surface area contributed by atoms with E-state index in [0.29, 0.717) is 12.0 Å². The average molecular weight is 361 g/mol. The standard InChI is InChI=1S/C22H23N3O2/c26-20-14-16-13-17(12-15-8-11-25(20)21(15)16)22(27)23-18-4-6-19(7-5-18)24-9-2-1-3-10-24/h4-7,12-13H,1-3,8-11,14H2,(H,23,27). The minimum absolute atomic E-state index is 0.113. The topological polar surface area (TPSA) is 52.7 Å². The number of amides is 2. The van der Waals surface area contributed by atoms with E-state index in [1.54, 1.807) is 0 Å². The van der Waals surface area contributed by atoms with Gasteiger partial charge in [0.05, 0.1) is 12.1 Å². The first-order valence-electron chi connectivity index (χ1n) is 9.81. The minimum Gasteiger partial charge on any atom is -0.372 e. The Morgan fingerprint density at radius 3 is 2.44 bits per heavy atom. The maximum atomic E-state index is 12.7. The van der Waals surface area contributed by atoms with Gasteiger partial charge >= 0.3 is 0 Å². The lowest BCUT2D eigenvalue weighted by molar-refractivity contribution is -0.117. The molecule has 5 heteroatoms. The lowest BCUT2D eigenvalue weighted by Crippen LogP contribution is -2.29. The van der Waals surface area contributed by atoms with Gasteiger partial charge in [0.1, 0.15) is 0 Å². The molecule has 0 radical (unpaired) electrons. The fourth-order valence-corrected chi connectivity index (χ4v) is 4.53. The van der Waals surface area contributed by atoms with Crippen LogP contribution in [0.2, 0.25) is 0 Å². The highest BCUT2D eigenvalue weighted by Crippen LogP contribution is 2.38. The average Bonchev–Trinajstić information content (AvgIpc) is 3.27. The van der Waals surface area contributed by atoms with Crippen LogP contribution < -0.4 is 15.1 Å². The Hall–Kier alpha value is -2.82. The summed E-state index contributed by atoms with van der Waals surface area (Å²) in [5, 5.41) is 3.00. The lowest BCUT2D eigenvalue weighted by Gasteiger charge is -2.28.